The van der Waals surface area contributed by atoms with Crippen molar-refractivity contribution in [1.29, 1.82) is 0 Å². The van der Waals surface area contributed by atoms with E-state index in [0.717, 1.165) is 15.6 Å². The Labute approximate surface area is 101 Å². The summed E-state index contributed by atoms with van der Waals surface area (Å²) in [5.41, 5.74) is 1.56. The van der Waals surface area contributed by atoms with Crippen LogP contribution in [0.5, 0.6) is 11.5 Å². The Morgan fingerprint density at radius 2 is 2.12 bits per heavy atom. The van der Waals surface area contributed by atoms with Gasteiger partial charge >= 0.3 is 5.97 Å². The summed E-state index contributed by atoms with van der Waals surface area (Å²) in [5.74, 6) is -0.129. The van der Waals surface area contributed by atoms with Gasteiger partial charge in [0.15, 0.2) is 11.5 Å². The maximum absolute atomic E-state index is 11.0. The number of hydrogen-bond acceptors (Lipinski definition) is 3. The number of hydrogen-bond donors (Lipinski definition) is 1. The van der Waals surface area contributed by atoms with E-state index in [-0.39, 0.29) is 6.79 Å². The van der Waals surface area contributed by atoms with Gasteiger partial charge in [-0.2, -0.15) is 0 Å². The lowest BCUT2D eigenvalue weighted by Crippen LogP contribution is -2.09. The molecule has 1 aromatic rings. The largest absolute Gasteiger partial charge is 0.481 e. The van der Waals surface area contributed by atoms with Crippen molar-refractivity contribution in [2.45, 2.75) is 19.8 Å². The summed E-state index contributed by atoms with van der Waals surface area (Å²) >= 11 is 3.35. The predicted octanol–water partition coefficient (Wildman–Crippen LogP) is 2.67. The molecule has 1 N–H and O–H groups in total. The smallest absolute Gasteiger partial charge is 0.310 e. The standard InChI is InChI=1S/C11H11BrO4/c1-5-7(6(2)11(13)14)3-8(12)10-9(5)15-4-16-10/h3,6H,4H2,1-2H3,(H,13,14). The molecule has 1 heterocycles. The third kappa shape index (κ3) is 1.65. The van der Waals surface area contributed by atoms with Crippen LogP contribution in [0.2, 0.25) is 0 Å². The maximum atomic E-state index is 11.0. The first-order chi connectivity index (χ1) is 7.52. The van der Waals surface area contributed by atoms with Gasteiger partial charge in [0, 0.05) is 0 Å². The van der Waals surface area contributed by atoms with E-state index in [4.69, 9.17) is 14.6 Å². The van der Waals surface area contributed by atoms with E-state index >= 15 is 0 Å². The van der Waals surface area contributed by atoms with Gasteiger partial charge in [0.25, 0.3) is 0 Å². The number of fused-ring (bicyclic) bond motifs is 1. The Balaban J connectivity index is 2.56. The van der Waals surface area contributed by atoms with Gasteiger partial charge in [0.05, 0.1) is 10.4 Å². The average Bonchev–Trinajstić information content (AvgIpc) is 2.71. The molecule has 1 aromatic carbocycles. The van der Waals surface area contributed by atoms with Crippen LogP contribution in [0.3, 0.4) is 0 Å². The summed E-state index contributed by atoms with van der Waals surface area (Å²) in [4.78, 5) is 11.0. The number of carbonyl (C=O) groups is 1. The molecule has 1 unspecified atom stereocenters. The van der Waals surface area contributed by atoms with E-state index < -0.39 is 11.9 Å². The van der Waals surface area contributed by atoms with Crippen molar-refractivity contribution < 1.29 is 19.4 Å². The molecule has 0 radical (unpaired) electrons. The molecule has 0 saturated heterocycles. The lowest BCUT2D eigenvalue weighted by molar-refractivity contribution is -0.138. The minimum Gasteiger partial charge on any atom is -0.481 e. The molecule has 1 aliphatic heterocycles. The number of aliphatic carboxylic acids is 1. The molecule has 0 bridgehead atoms. The number of halogens is 1. The quantitative estimate of drug-likeness (QED) is 0.908. The number of benzene rings is 1. The second-order valence-corrected chi connectivity index (χ2v) is 4.55. The minimum atomic E-state index is -0.853. The second-order valence-electron chi connectivity index (χ2n) is 3.70. The Morgan fingerprint density at radius 1 is 1.50 bits per heavy atom. The number of ether oxygens (including phenoxy) is 2. The highest BCUT2D eigenvalue weighted by Crippen LogP contribution is 2.44. The molecule has 5 heteroatoms. The first-order valence-electron chi connectivity index (χ1n) is 4.83. The van der Waals surface area contributed by atoms with Gasteiger partial charge in [-0.25, -0.2) is 0 Å². The highest BCUT2D eigenvalue weighted by molar-refractivity contribution is 9.10. The van der Waals surface area contributed by atoms with Crippen molar-refractivity contribution in [3.05, 3.63) is 21.7 Å². The van der Waals surface area contributed by atoms with Crippen molar-refractivity contribution in [2.75, 3.05) is 6.79 Å². The lowest BCUT2D eigenvalue weighted by atomic mass is 9.95. The van der Waals surface area contributed by atoms with Crippen LogP contribution >= 0.6 is 15.9 Å². The predicted molar refractivity (Wildman–Crippen MR) is 61.1 cm³/mol. The lowest BCUT2D eigenvalue weighted by Gasteiger charge is -2.13. The minimum absolute atomic E-state index is 0.180. The molecule has 0 aliphatic carbocycles. The maximum Gasteiger partial charge on any atom is 0.310 e. The average molecular weight is 287 g/mol. The fourth-order valence-electron chi connectivity index (χ4n) is 1.76. The number of carboxylic acids is 1. The third-order valence-electron chi connectivity index (χ3n) is 2.72. The zero-order valence-corrected chi connectivity index (χ0v) is 10.5. The Bertz CT molecular complexity index is 456. The van der Waals surface area contributed by atoms with Crippen molar-refractivity contribution in [2.24, 2.45) is 0 Å². The van der Waals surface area contributed by atoms with Gasteiger partial charge in [0.1, 0.15) is 0 Å². The summed E-state index contributed by atoms with van der Waals surface area (Å²) in [6.07, 6.45) is 0. The summed E-state index contributed by atoms with van der Waals surface area (Å²) < 4.78 is 11.4. The van der Waals surface area contributed by atoms with Gasteiger partial charge in [-0.15, -0.1) is 0 Å². The summed E-state index contributed by atoms with van der Waals surface area (Å²) in [7, 11) is 0. The van der Waals surface area contributed by atoms with E-state index in [1.165, 1.54) is 0 Å². The normalized spacial score (nSPS) is 14.9. The molecule has 0 aromatic heterocycles. The fourth-order valence-corrected chi connectivity index (χ4v) is 2.30. The summed E-state index contributed by atoms with van der Waals surface area (Å²) in [5, 5.41) is 9.01. The fraction of sp³-hybridized carbons (Fsp3) is 0.364. The van der Waals surface area contributed by atoms with Gasteiger partial charge in [-0.1, -0.05) is 0 Å². The molecule has 1 atom stereocenters. The number of carboxylic acid groups (broad SMARTS) is 1. The van der Waals surface area contributed by atoms with Crippen LogP contribution in [0.15, 0.2) is 10.5 Å². The number of rotatable bonds is 2. The third-order valence-corrected chi connectivity index (χ3v) is 3.31. The van der Waals surface area contributed by atoms with Crippen LogP contribution in [0.25, 0.3) is 0 Å². The highest BCUT2D eigenvalue weighted by Gasteiger charge is 2.26. The zero-order chi connectivity index (χ0) is 11.9. The Hall–Kier alpha value is -1.23. The monoisotopic (exact) mass is 286 g/mol. The molecular formula is C11H11BrO4. The molecule has 0 fully saturated rings. The van der Waals surface area contributed by atoms with Crippen molar-refractivity contribution in [3.8, 4) is 11.5 Å². The molecule has 0 saturated carbocycles. The van der Waals surface area contributed by atoms with E-state index in [2.05, 4.69) is 15.9 Å². The van der Waals surface area contributed by atoms with Crippen molar-refractivity contribution in [1.82, 2.24) is 0 Å². The highest BCUT2D eigenvalue weighted by atomic mass is 79.9. The Morgan fingerprint density at radius 3 is 2.75 bits per heavy atom. The first kappa shape index (κ1) is 11.3. The molecule has 4 nitrogen and oxygen atoms in total. The van der Waals surface area contributed by atoms with E-state index in [1.807, 2.05) is 6.92 Å². The zero-order valence-electron chi connectivity index (χ0n) is 8.91. The SMILES string of the molecule is Cc1c(C(C)C(=O)O)cc(Br)c2c1OCO2. The molecule has 0 amide bonds. The van der Waals surface area contributed by atoms with Crippen LogP contribution in [0.1, 0.15) is 24.0 Å². The van der Waals surface area contributed by atoms with Crippen LogP contribution < -0.4 is 9.47 Å². The van der Waals surface area contributed by atoms with Gasteiger partial charge < -0.3 is 14.6 Å². The van der Waals surface area contributed by atoms with Crippen molar-refractivity contribution in [3.63, 3.8) is 0 Å². The van der Waals surface area contributed by atoms with E-state index in [0.29, 0.717) is 11.5 Å². The molecule has 16 heavy (non-hydrogen) atoms. The second kappa shape index (κ2) is 3.97. The van der Waals surface area contributed by atoms with Gasteiger partial charge in [-0.3, -0.25) is 4.79 Å². The van der Waals surface area contributed by atoms with Gasteiger partial charge in [0.2, 0.25) is 6.79 Å². The van der Waals surface area contributed by atoms with Crippen LogP contribution in [-0.2, 0) is 4.79 Å². The summed E-state index contributed by atoms with van der Waals surface area (Å²) in [6, 6.07) is 1.78. The summed E-state index contributed by atoms with van der Waals surface area (Å²) in [6.45, 7) is 3.67. The first-order valence-corrected chi connectivity index (χ1v) is 5.63. The molecular weight excluding hydrogens is 276 g/mol. The van der Waals surface area contributed by atoms with Crippen molar-refractivity contribution >= 4 is 21.9 Å². The van der Waals surface area contributed by atoms with Crippen LogP contribution in [0.4, 0.5) is 0 Å². The molecule has 2 rings (SSSR count). The van der Waals surface area contributed by atoms with Gasteiger partial charge in [-0.05, 0) is 47.0 Å². The molecule has 86 valence electrons. The Kier molecular flexibility index (Phi) is 2.80. The van der Waals surface area contributed by atoms with E-state index in [9.17, 15) is 4.79 Å². The van der Waals surface area contributed by atoms with E-state index in [1.54, 1.807) is 13.0 Å². The van der Waals surface area contributed by atoms with Crippen LogP contribution in [-0.4, -0.2) is 17.9 Å². The topological polar surface area (TPSA) is 55.8 Å². The molecule has 0 spiro atoms. The van der Waals surface area contributed by atoms with Crippen LogP contribution in [0, 0.1) is 6.92 Å². The molecule has 1 aliphatic rings.